The molecular weight excluding hydrogens is 366 g/mol. The molecule has 0 saturated carbocycles. The molecule has 6 nitrogen and oxygen atoms in total. The molecule has 0 spiro atoms. The highest BCUT2D eigenvalue weighted by Gasteiger charge is 2.30. The maximum absolute atomic E-state index is 12.6. The van der Waals surface area contributed by atoms with Gasteiger partial charge in [0.1, 0.15) is 0 Å². The summed E-state index contributed by atoms with van der Waals surface area (Å²) in [5.41, 5.74) is 1.29. The Hall–Kier alpha value is -1.63. The van der Waals surface area contributed by atoms with Crippen molar-refractivity contribution in [3.05, 3.63) is 35.9 Å². The van der Waals surface area contributed by atoms with Gasteiger partial charge in [-0.05, 0) is 31.2 Å². The van der Waals surface area contributed by atoms with Crippen molar-refractivity contribution < 1.29 is 14.3 Å². The number of hydrogen-bond acceptors (Lipinski definition) is 4. The molecule has 2 aliphatic rings. The van der Waals surface area contributed by atoms with E-state index in [1.807, 2.05) is 23.1 Å². The average molecular weight is 396 g/mol. The van der Waals surface area contributed by atoms with Crippen LogP contribution in [0.15, 0.2) is 30.3 Å². The largest absolute Gasteiger partial charge is 0.376 e. The summed E-state index contributed by atoms with van der Waals surface area (Å²) in [4.78, 5) is 26.7. The SMILES string of the molecule is Cl.O=C(CC1NCCN(CCCc2ccccc2)C1=O)NCC1CCCO1. The highest BCUT2D eigenvalue weighted by atomic mass is 35.5. The lowest BCUT2D eigenvalue weighted by molar-refractivity contribution is -0.138. The van der Waals surface area contributed by atoms with Gasteiger partial charge in [0.05, 0.1) is 18.6 Å². The molecule has 2 amide bonds. The molecule has 27 heavy (non-hydrogen) atoms. The van der Waals surface area contributed by atoms with E-state index < -0.39 is 6.04 Å². The lowest BCUT2D eigenvalue weighted by Gasteiger charge is -2.33. The Bertz CT molecular complexity index is 593. The minimum atomic E-state index is -0.412. The van der Waals surface area contributed by atoms with Crippen molar-refractivity contribution in [1.82, 2.24) is 15.5 Å². The van der Waals surface area contributed by atoms with Crippen LogP contribution in [0.4, 0.5) is 0 Å². The van der Waals surface area contributed by atoms with E-state index in [-0.39, 0.29) is 36.7 Å². The fraction of sp³-hybridized carbons (Fsp3) is 0.600. The number of amides is 2. The molecule has 2 saturated heterocycles. The van der Waals surface area contributed by atoms with E-state index in [0.717, 1.165) is 45.4 Å². The Morgan fingerprint density at radius 3 is 2.85 bits per heavy atom. The molecule has 1 aromatic carbocycles. The number of aryl methyl sites for hydroxylation is 1. The monoisotopic (exact) mass is 395 g/mol. The average Bonchev–Trinajstić information content (AvgIpc) is 3.17. The number of piperazine rings is 1. The highest BCUT2D eigenvalue weighted by Crippen LogP contribution is 2.11. The molecular formula is C20H30ClN3O3. The van der Waals surface area contributed by atoms with Gasteiger partial charge in [0.2, 0.25) is 11.8 Å². The van der Waals surface area contributed by atoms with Crippen LogP contribution in [0.25, 0.3) is 0 Å². The second kappa shape index (κ2) is 11.3. The van der Waals surface area contributed by atoms with E-state index in [9.17, 15) is 9.59 Å². The third-order valence-electron chi connectivity index (χ3n) is 5.06. The Morgan fingerprint density at radius 2 is 2.11 bits per heavy atom. The maximum Gasteiger partial charge on any atom is 0.240 e. The van der Waals surface area contributed by atoms with Gasteiger partial charge in [-0.25, -0.2) is 0 Å². The van der Waals surface area contributed by atoms with Crippen LogP contribution in [0, 0.1) is 0 Å². The molecule has 0 bridgehead atoms. The van der Waals surface area contributed by atoms with Gasteiger partial charge in [-0.1, -0.05) is 30.3 Å². The van der Waals surface area contributed by atoms with Gasteiger partial charge in [0.15, 0.2) is 0 Å². The van der Waals surface area contributed by atoms with E-state index in [1.54, 1.807) is 0 Å². The van der Waals surface area contributed by atoms with Crippen molar-refractivity contribution in [1.29, 1.82) is 0 Å². The molecule has 2 N–H and O–H groups in total. The van der Waals surface area contributed by atoms with E-state index in [2.05, 4.69) is 22.8 Å². The van der Waals surface area contributed by atoms with Gasteiger partial charge < -0.3 is 20.3 Å². The molecule has 3 rings (SSSR count). The first-order chi connectivity index (χ1) is 12.7. The fourth-order valence-electron chi connectivity index (χ4n) is 3.58. The number of halogens is 1. The Morgan fingerprint density at radius 1 is 1.30 bits per heavy atom. The van der Waals surface area contributed by atoms with Gasteiger partial charge in [-0.3, -0.25) is 9.59 Å². The van der Waals surface area contributed by atoms with Gasteiger partial charge in [-0.2, -0.15) is 0 Å². The summed E-state index contributed by atoms with van der Waals surface area (Å²) in [5.74, 6) is -0.0472. The summed E-state index contributed by atoms with van der Waals surface area (Å²) in [7, 11) is 0. The first kappa shape index (κ1) is 21.7. The van der Waals surface area contributed by atoms with Crippen molar-refractivity contribution in [3.8, 4) is 0 Å². The van der Waals surface area contributed by atoms with Crippen LogP contribution < -0.4 is 10.6 Å². The van der Waals surface area contributed by atoms with E-state index in [0.29, 0.717) is 13.1 Å². The number of hydrogen-bond donors (Lipinski definition) is 2. The van der Waals surface area contributed by atoms with Crippen molar-refractivity contribution in [2.75, 3.05) is 32.8 Å². The van der Waals surface area contributed by atoms with Crippen LogP contribution in [0.1, 0.15) is 31.2 Å². The smallest absolute Gasteiger partial charge is 0.240 e. The number of benzene rings is 1. The molecule has 0 aliphatic carbocycles. The zero-order valence-electron chi connectivity index (χ0n) is 15.7. The number of carbonyl (C=O) groups excluding carboxylic acids is 2. The van der Waals surface area contributed by atoms with E-state index in [4.69, 9.17) is 4.74 Å². The third-order valence-corrected chi connectivity index (χ3v) is 5.06. The van der Waals surface area contributed by atoms with Crippen LogP contribution in [-0.4, -0.2) is 61.6 Å². The van der Waals surface area contributed by atoms with Gasteiger partial charge >= 0.3 is 0 Å². The first-order valence-electron chi connectivity index (χ1n) is 9.67. The number of nitrogens with one attached hydrogen (secondary N) is 2. The maximum atomic E-state index is 12.6. The molecule has 2 fully saturated rings. The van der Waals surface area contributed by atoms with Crippen LogP contribution in [0.5, 0.6) is 0 Å². The Labute approximate surface area is 167 Å². The molecule has 2 aliphatic heterocycles. The lowest BCUT2D eigenvalue weighted by Crippen LogP contribution is -2.56. The minimum absolute atomic E-state index is 0. The molecule has 1 aromatic rings. The number of ether oxygens (including phenoxy) is 1. The molecule has 2 heterocycles. The summed E-state index contributed by atoms with van der Waals surface area (Å²) in [5, 5.41) is 6.08. The zero-order chi connectivity index (χ0) is 18.2. The van der Waals surface area contributed by atoms with Crippen LogP contribution >= 0.6 is 12.4 Å². The van der Waals surface area contributed by atoms with E-state index in [1.165, 1.54) is 5.56 Å². The van der Waals surface area contributed by atoms with Crippen LogP contribution in [-0.2, 0) is 20.7 Å². The fourth-order valence-corrected chi connectivity index (χ4v) is 3.58. The van der Waals surface area contributed by atoms with Crippen LogP contribution in [0.2, 0.25) is 0 Å². The van der Waals surface area contributed by atoms with Crippen molar-refractivity contribution >= 4 is 24.2 Å². The van der Waals surface area contributed by atoms with Gasteiger partial charge in [0, 0.05) is 32.8 Å². The minimum Gasteiger partial charge on any atom is -0.376 e. The van der Waals surface area contributed by atoms with Gasteiger partial charge in [-0.15, -0.1) is 12.4 Å². The lowest BCUT2D eigenvalue weighted by atomic mass is 10.1. The summed E-state index contributed by atoms with van der Waals surface area (Å²) in [6.45, 7) is 3.51. The first-order valence-corrected chi connectivity index (χ1v) is 9.67. The molecule has 7 heteroatoms. The quantitative estimate of drug-likeness (QED) is 0.700. The normalized spacial score (nSPS) is 22.4. The van der Waals surface area contributed by atoms with Crippen molar-refractivity contribution in [2.24, 2.45) is 0 Å². The van der Waals surface area contributed by atoms with Crippen LogP contribution in [0.3, 0.4) is 0 Å². The summed E-state index contributed by atoms with van der Waals surface area (Å²) in [6.07, 6.45) is 4.28. The third kappa shape index (κ3) is 6.79. The summed E-state index contributed by atoms with van der Waals surface area (Å²) < 4.78 is 5.51. The summed E-state index contributed by atoms with van der Waals surface area (Å²) in [6, 6.07) is 9.90. The van der Waals surface area contributed by atoms with Crippen molar-refractivity contribution in [3.63, 3.8) is 0 Å². The Balaban J connectivity index is 0.00000261. The van der Waals surface area contributed by atoms with E-state index >= 15 is 0 Å². The highest BCUT2D eigenvalue weighted by molar-refractivity contribution is 5.88. The predicted octanol–water partition coefficient (Wildman–Crippen LogP) is 1.53. The topological polar surface area (TPSA) is 70.7 Å². The summed E-state index contributed by atoms with van der Waals surface area (Å²) >= 11 is 0. The molecule has 150 valence electrons. The number of nitrogens with zero attached hydrogens (tertiary/aromatic N) is 1. The second-order valence-electron chi connectivity index (χ2n) is 7.06. The number of carbonyl (C=O) groups is 2. The zero-order valence-corrected chi connectivity index (χ0v) is 16.5. The van der Waals surface area contributed by atoms with Crippen molar-refractivity contribution in [2.45, 2.75) is 44.2 Å². The molecule has 2 atom stereocenters. The van der Waals surface area contributed by atoms with Gasteiger partial charge in [0.25, 0.3) is 0 Å². The predicted molar refractivity (Wildman–Crippen MR) is 107 cm³/mol. The Kier molecular flexibility index (Phi) is 9.04. The molecule has 0 radical (unpaired) electrons. The standard InChI is InChI=1S/C20H29N3O3.ClH/c24-19(22-15-17-9-5-13-26-17)14-18-20(25)23(12-10-21-18)11-4-8-16-6-2-1-3-7-16;/h1-3,6-7,17-18,21H,4-5,8-15H2,(H,22,24);1H. The number of rotatable bonds is 8. The molecule has 0 aromatic heterocycles. The molecule has 2 unspecified atom stereocenters. The second-order valence-corrected chi connectivity index (χ2v) is 7.06.